The Balaban J connectivity index is 1.99. The van der Waals surface area contributed by atoms with E-state index in [-0.39, 0.29) is 0 Å². The number of benzene rings is 1. The molecule has 1 aliphatic carbocycles. The fourth-order valence-corrected chi connectivity index (χ4v) is 3.08. The molecule has 1 N–H and O–H groups in total. The van der Waals surface area contributed by atoms with Gasteiger partial charge in [-0.25, -0.2) is 0 Å². The molecule has 0 amide bonds. The van der Waals surface area contributed by atoms with Crippen LogP contribution in [0.15, 0.2) is 24.3 Å². The quantitative estimate of drug-likeness (QED) is 0.784. The first-order valence-electron chi connectivity index (χ1n) is 7.17. The second-order valence-corrected chi connectivity index (χ2v) is 6.17. The van der Waals surface area contributed by atoms with Crippen LogP contribution in [0.5, 0.6) is 0 Å². The average molecular weight is 263 g/mol. The molecule has 0 aromatic heterocycles. The highest BCUT2D eigenvalue weighted by Gasteiger charge is 2.19. The van der Waals surface area contributed by atoms with Gasteiger partial charge in [-0.3, -0.25) is 0 Å². The summed E-state index contributed by atoms with van der Waals surface area (Å²) in [6.45, 7) is 3.23. The third-order valence-corrected chi connectivity index (χ3v) is 4.62. The first-order valence-corrected chi connectivity index (χ1v) is 8.56. The molecule has 100 valence electrons. The molecule has 1 nitrogen and oxygen atoms in total. The van der Waals surface area contributed by atoms with Crippen LogP contribution in [-0.4, -0.2) is 18.6 Å². The molecule has 0 saturated heterocycles. The maximum Gasteiger partial charge on any atom is 0.0327 e. The van der Waals surface area contributed by atoms with E-state index in [1.54, 1.807) is 5.56 Å². The lowest BCUT2D eigenvalue weighted by Crippen LogP contribution is -2.21. The molecular formula is C16H25NS. The Labute approximate surface area is 116 Å². The molecule has 1 aliphatic rings. The van der Waals surface area contributed by atoms with Gasteiger partial charge in [0, 0.05) is 6.04 Å². The van der Waals surface area contributed by atoms with E-state index in [0.29, 0.717) is 6.04 Å². The van der Waals surface area contributed by atoms with Crippen molar-refractivity contribution in [3.63, 3.8) is 0 Å². The number of nitrogens with one attached hydrogen (secondary N) is 1. The smallest absolute Gasteiger partial charge is 0.0327 e. The first kappa shape index (κ1) is 14.0. The summed E-state index contributed by atoms with van der Waals surface area (Å²) < 4.78 is 0. The maximum absolute atomic E-state index is 3.60. The summed E-state index contributed by atoms with van der Waals surface area (Å²) >= 11 is 1.93. The zero-order chi connectivity index (χ0) is 12.8. The predicted molar refractivity (Wildman–Crippen MR) is 82.5 cm³/mol. The fourth-order valence-electron chi connectivity index (χ4n) is 2.61. The van der Waals surface area contributed by atoms with E-state index < -0.39 is 0 Å². The van der Waals surface area contributed by atoms with E-state index in [0.717, 1.165) is 12.5 Å². The Bertz CT molecular complexity index is 343. The second-order valence-electron chi connectivity index (χ2n) is 5.19. The Kier molecular flexibility index (Phi) is 5.58. The van der Waals surface area contributed by atoms with Crippen molar-refractivity contribution in [2.24, 2.45) is 0 Å². The van der Waals surface area contributed by atoms with Gasteiger partial charge in [-0.2, -0.15) is 11.8 Å². The molecule has 0 radical (unpaired) electrons. The van der Waals surface area contributed by atoms with Gasteiger partial charge < -0.3 is 5.32 Å². The largest absolute Gasteiger partial charge is 0.310 e. The molecule has 1 unspecified atom stereocenters. The normalized spacial score (nSPS) is 17.4. The molecule has 0 heterocycles. The van der Waals surface area contributed by atoms with Gasteiger partial charge in [0.1, 0.15) is 0 Å². The minimum absolute atomic E-state index is 0.526. The highest BCUT2D eigenvalue weighted by molar-refractivity contribution is 7.98. The average Bonchev–Trinajstić information content (AvgIpc) is 2.33. The van der Waals surface area contributed by atoms with Crippen molar-refractivity contribution in [1.29, 1.82) is 0 Å². The third kappa shape index (κ3) is 3.52. The first-order chi connectivity index (χ1) is 8.85. The van der Waals surface area contributed by atoms with Crippen LogP contribution in [0.3, 0.4) is 0 Å². The SMILES string of the molecule is CCNC(CCSC)c1ccc(C2CCC2)cc1. The van der Waals surface area contributed by atoms with Crippen LogP contribution in [0, 0.1) is 0 Å². The Morgan fingerprint density at radius 1 is 1.28 bits per heavy atom. The van der Waals surface area contributed by atoms with Crippen molar-refractivity contribution < 1.29 is 0 Å². The fraction of sp³-hybridized carbons (Fsp3) is 0.625. The topological polar surface area (TPSA) is 12.0 Å². The van der Waals surface area contributed by atoms with Crippen LogP contribution in [-0.2, 0) is 0 Å². The second kappa shape index (κ2) is 7.20. The molecule has 2 rings (SSSR count). The van der Waals surface area contributed by atoms with Crippen molar-refractivity contribution in [1.82, 2.24) is 5.32 Å². The molecule has 1 saturated carbocycles. The van der Waals surface area contributed by atoms with Gasteiger partial charge in [-0.05, 0) is 54.9 Å². The summed E-state index contributed by atoms with van der Waals surface area (Å²) in [6, 6.07) is 9.89. The highest BCUT2D eigenvalue weighted by atomic mass is 32.2. The van der Waals surface area contributed by atoms with E-state index in [1.807, 2.05) is 11.8 Å². The lowest BCUT2D eigenvalue weighted by atomic mass is 9.80. The lowest BCUT2D eigenvalue weighted by Gasteiger charge is -2.26. The third-order valence-electron chi connectivity index (χ3n) is 3.98. The van der Waals surface area contributed by atoms with Gasteiger partial charge in [-0.15, -0.1) is 0 Å². The number of hydrogen-bond acceptors (Lipinski definition) is 2. The molecule has 1 aromatic rings. The summed E-state index contributed by atoms with van der Waals surface area (Å²) in [7, 11) is 0. The molecule has 18 heavy (non-hydrogen) atoms. The minimum atomic E-state index is 0.526. The molecule has 0 bridgehead atoms. The maximum atomic E-state index is 3.60. The van der Waals surface area contributed by atoms with Gasteiger partial charge in [0.15, 0.2) is 0 Å². The summed E-state index contributed by atoms with van der Waals surface area (Å²) in [6.07, 6.45) is 7.60. The molecule has 0 aliphatic heterocycles. The molecule has 2 heteroatoms. The summed E-state index contributed by atoms with van der Waals surface area (Å²) in [4.78, 5) is 0. The molecule has 0 spiro atoms. The van der Waals surface area contributed by atoms with E-state index in [4.69, 9.17) is 0 Å². The van der Waals surface area contributed by atoms with Crippen LogP contribution >= 0.6 is 11.8 Å². The zero-order valence-corrected chi connectivity index (χ0v) is 12.4. The van der Waals surface area contributed by atoms with Crippen LogP contribution in [0.1, 0.15) is 55.7 Å². The van der Waals surface area contributed by atoms with E-state index in [1.165, 1.54) is 37.0 Å². The van der Waals surface area contributed by atoms with Crippen LogP contribution in [0.4, 0.5) is 0 Å². The van der Waals surface area contributed by atoms with E-state index in [9.17, 15) is 0 Å². The van der Waals surface area contributed by atoms with Crippen LogP contribution in [0.25, 0.3) is 0 Å². The van der Waals surface area contributed by atoms with E-state index in [2.05, 4.69) is 42.8 Å². The summed E-state index contributed by atoms with van der Waals surface area (Å²) in [5, 5.41) is 3.60. The Hall–Kier alpha value is -0.470. The van der Waals surface area contributed by atoms with Crippen molar-refractivity contribution in [2.45, 2.75) is 44.6 Å². The van der Waals surface area contributed by atoms with Gasteiger partial charge >= 0.3 is 0 Å². The van der Waals surface area contributed by atoms with Crippen molar-refractivity contribution in [3.8, 4) is 0 Å². The predicted octanol–water partition coefficient (Wildman–Crippen LogP) is 4.36. The Morgan fingerprint density at radius 3 is 2.50 bits per heavy atom. The monoisotopic (exact) mass is 263 g/mol. The van der Waals surface area contributed by atoms with Crippen LogP contribution < -0.4 is 5.32 Å². The summed E-state index contributed by atoms with van der Waals surface area (Å²) in [5.41, 5.74) is 3.00. The molecule has 1 atom stereocenters. The number of hydrogen-bond donors (Lipinski definition) is 1. The summed E-state index contributed by atoms with van der Waals surface area (Å²) in [5.74, 6) is 2.07. The highest BCUT2D eigenvalue weighted by Crippen LogP contribution is 2.36. The molecular weight excluding hydrogens is 238 g/mol. The number of thioether (sulfide) groups is 1. The molecule has 1 fully saturated rings. The minimum Gasteiger partial charge on any atom is -0.310 e. The number of rotatable bonds is 7. The molecule has 1 aromatic carbocycles. The zero-order valence-electron chi connectivity index (χ0n) is 11.6. The van der Waals surface area contributed by atoms with Gasteiger partial charge in [0.2, 0.25) is 0 Å². The van der Waals surface area contributed by atoms with Crippen molar-refractivity contribution in [2.75, 3.05) is 18.6 Å². The van der Waals surface area contributed by atoms with E-state index >= 15 is 0 Å². The standard InChI is InChI=1S/C16H25NS/c1-3-17-16(11-12-18-2)15-9-7-14(8-10-15)13-5-4-6-13/h7-10,13,16-17H,3-6,11-12H2,1-2H3. The van der Waals surface area contributed by atoms with Crippen molar-refractivity contribution >= 4 is 11.8 Å². The van der Waals surface area contributed by atoms with Gasteiger partial charge in [0.05, 0.1) is 0 Å². The van der Waals surface area contributed by atoms with Gasteiger partial charge in [-0.1, -0.05) is 37.6 Å². The van der Waals surface area contributed by atoms with Crippen molar-refractivity contribution in [3.05, 3.63) is 35.4 Å². The Morgan fingerprint density at radius 2 is 2.00 bits per heavy atom. The lowest BCUT2D eigenvalue weighted by molar-refractivity contribution is 0.419. The van der Waals surface area contributed by atoms with Crippen LogP contribution in [0.2, 0.25) is 0 Å². The van der Waals surface area contributed by atoms with Gasteiger partial charge in [0.25, 0.3) is 0 Å².